The van der Waals surface area contributed by atoms with Gasteiger partial charge in [0.25, 0.3) is 0 Å². The molecule has 1 amide bonds. The van der Waals surface area contributed by atoms with E-state index in [1.54, 1.807) is 4.90 Å². The van der Waals surface area contributed by atoms with Gasteiger partial charge in [-0.3, -0.25) is 4.79 Å². The number of amides is 1. The first-order chi connectivity index (χ1) is 8.24. The second-order valence-corrected chi connectivity index (χ2v) is 4.39. The first-order valence-electron chi connectivity index (χ1n) is 6.42. The molecule has 0 aromatic carbocycles. The van der Waals surface area contributed by atoms with Gasteiger partial charge in [0.1, 0.15) is 6.54 Å². The third-order valence-corrected chi connectivity index (χ3v) is 2.86. The van der Waals surface area contributed by atoms with Crippen molar-refractivity contribution in [1.29, 1.82) is 0 Å². The highest BCUT2D eigenvalue weighted by atomic mass is 16.2. The summed E-state index contributed by atoms with van der Waals surface area (Å²) in [6.45, 7) is 4.32. The van der Waals surface area contributed by atoms with Crippen molar-refractivity contribution in [2.75, 3.05) is 13.6 Å². The van der Waals surface area contributed by atoms with Crippen molar-refractivity contribution in [1.82, 2.24) is 4.90 Å². The van der Waals surface area contributed by atoms with Crippen molar-refractivity contribution in [2.45, 2.75) is 39.2 Å². The number of aromatic nitrogens is 1. The zero-order chi connectivity index (χ0) is 12.5. The third-order valence-electron chi connectivity index (χ3n) is 2.86. The lowest BCUT2D eigenvalue weighted by atomic mass is 10.3. The van der Waals surface area contributed by atoms with E-state index in [4.69, 9.17) is 0 Å². The Balaban J connectivity index is 0.000000181. The molecule has 0 N–H and O–H groups in total. The van der Waals surface area contributed by atoms with Gasteiger partial charge in [-0.1, -0.05) is 19.4 Å². The maximum absolute atomic E-state index is 10.5. The number of hydrogen-bond donors (Lipinski definition) is 0. The Hall–Kier alpha value is -1.38. The van der Waals surface area contributed by atoms with E-state index < -0.39 is 0 Å². The molecule has 0 aliphatic carbocycles. The molecule has 0 bridgehead atoms. The van der Waals surface area contributed by atoms with Gasteiger partial charge in [-0.15, -0.1) is 0 Å². The Morgan fingerprint density at radius 1 is 1.29 bits per heavy atom. The minimum absolute atomic E-state index is 0.292. The highest BCUT2D eigenvalue weighted by molar-refractivity contribution is 5.77. The van der Waals surface area contributed by atoms with Crippen LogP contribution in [0, 0.1) is 0 Å². The van der Waals surface area contributed by atoms with Crippen LogP contribution in [0.5, 0.6) is 0 Å². The van der Waals surface area contributed by atoms with E-state index in [0.717, 1.165) is 25.9 Å². The summed E-state index contributed by atoms with van der Waals surface area (Å²) < 4.78 is 2.21. The molecule has 1 saturated heterocycles. The van der Waals surface area contributed by atoms with Gasteiger partial charge < -0.3 is 4.90 Å². The molecule has 94 valence electrons. The Bertz CT molecular complexity index is 324. The van der Waals surface area contributed by atoms with Crippen molar-refractivity contribution in [3.63, 3.8) is 0 Å². The lowest BCUT2D eigenvalue weighted by molar-refractivity contribution is -0.697. The summed E-state index contributed by atoms with van der Waals surface area (Å²) in [7, 11) is 1.84. The molecule has 1 aromatic heterocycles. The molecular formula is C14H23N2O+. The Labute approximate surface area is 104 Å². The average molecular weight is 235 g/mol. The van der Waals surface area contributed by atoms with E-state index in [0.29, 0.717) is 5.91 Å². The highest BCUT2D eigenvalue weighted by Crippen LogP contribution is 2.04. The average Bonchev–Trinajstić information content (AvgIpc) is 2.73. The normalized spacial score (nSPS) is 14.5. The fourth-order valence-corrected chi connectivity index (χ4v) is 1.71. The predicted molar refractivity (Wildman–Crippen MR) is 68.4 cm³/mol. The van der Waals surface area contributed by atoms with E-state index in [1.165, 1.54) is 12.8 Å². The van der Waals surface area contributed by atoms with Gasteiger partial charge in [0.15, 0.2) is 12.4 Å². The SMILES string of the molecule is CCCC[n+]1ccccc1.CN1CCCC1=O. The molecule has 1 aliphatic heterocycles. The minimum atomic E-state index is 0.292. The number of aryl methyl sites for hydroxylation is 1. The maximum Gasteiger partial charge on any atom is 0.222 e. The molecule has 2 rings (SSSR count). The van der Waals surface area contributed by atoms with Crippen molar-refractivity contribution in [2.24, 2.45) is 0 Å². The third kappa shape index (κ3) is 5.48. The first-order valence-corrected chi connectivity index (χ1v) is 6.42. The van der Waals surface area contributed by atoms with Crippen molar-refractivity contribution < 1.29 is 9.36 Å². The Morgan fingerprint density at radius 3 is 2.41 bits per heavy atom. The van der Waals surface area contributed by atoms with E-state index in [1.807, 2.05) is 13.1 Å². The molecule has 0 atom stereocenters. The van der Waals surface area contributed by atoms with Gasteiger partial charge in [-0.2, -0.15) is 0 Å². The summed E-state index contributed by atoms with van der Waals surface area (Å²) in [5, 5.41) is 0. The number of hydrogen-bond acceptors (Lipinski definition) is 1. The highest BCUT2D eigenvalue weighted by Gasteiger charge is 2.14. The van der Waals surface area contributed by atoms with E-state index in [2.05, 4.69) is 36.0 Å². The number of nitrogens with zero attached hydrogens (tertiary/aromatic N) is 2. The van der Waals surface area contributed by atoms with Gasteiger partial charge in [0.2, 0.25) is 5.91 Å². The molecule has 3 heteroatoms. The zero-order valence-electron chi connectivity index (χ0n) is 10.9. The van der Waals surface area contributed by atoms with Crippen LogP contribution in [-0.4, -0.2) is 24.4 Å². The maximum atomic E-state index is 10.5. The molecule has 1 fully saturated rings. The van der Waals surface area contributed by atoms with Crippen LogP contribution < -0.4 is 4.57 Å². The van der Waals surface area contributed by atoms with Crippen LogP contribution in [0.2, 0.25) is 0 Å². The smallest absolute Gasteiger partial charge is 0.222 e. The standard InChI is InChI=1S/C9H14N.C5H9NO/c1-2-3-7-10-8-5-4-6-9-10;1-6-4-2-3-5(6)7/h4-6,8-9H,2-3,7H2,1H3;2-4H2,1H3/q+1;. The van der Waals surface area contributed by atoms with Crippen LogP contribution in [-0.2, 0) is 11.3 Å². The lowest BCUT2D eigenvalue weighted by Crippen LogP contribution is -2.31. The molecule has 0 radical (unpaired) electrons. The van der Waals surface area contributed by atoms with Crippen molar-refractivity contribution in [3.8, 4) is 0 Å². The van der Waals surface area contributed by atoms with Crippen LogP contribution in [0.25, 0.3) is 0 Å². The Morgan fingerprint density at radius 2 is 2.00 bits per heavy atom. The van der Waals surface area contributed by atoms with Gasteiger partial charge in [-0.05, 0) is 6.42 Å². The molecule has 0 spiro atoms. The second kappa shape index (κ2) is 7.82. The zero-order valence-corrected chi connectivity index (χ0v) is 10.9. The van der Waals surface area contributed by atoms with Gasteiger partial charge in [0, 0.05) is 38.6 Å². The van der Waals surface area contributed by atoms with Crippen LogP contribution in [0.3, 0.4) is 0 Å². The summed E-state index contributed by atoms with van der Waals surface area (Å²) in [4.78, 5) is 12.3. The molecule has 0 saturated carbocycles. The quantitative estimate of drug-likeness (QED) is 0.735. The lowest BCUT2D eigenvalue weighted by Gasteiger charge is -2.03. The topological polar surface area (TPSA) is 24.2 Å². The van der Waals surface area contributed by atoms with Crippen LogP contribution in [0.1, 0.15) is 32.6 Å². The van der Waals surface area contributed by atoms with E-state index >= 15 is 0 Å². The summed E-state index contributed by atoms with van der Waals surface area (Å²) in [5.41, 5.74) is 0. The summed E-state index contributed by atoms with van der Waals surface area (Å²) in [5.74, 6) is 0.292. The minimum Gasteiger partial charge on any atom is -0.346 e. The fraction of sp³-hybridized carbons (Fsp3) is 0.571. The van der Waals surface area contributed by atoms with Gasteiger partial charge >= 0.3 is 0 Å². The van der Waals surface area contributed by atoms with Gasteiger partial charge in [-0.25, -0.2) is 4.57 Å². The number of rotatable bonds is 3. The largest absolute Gasteiger partial charge is 0.346 e. The number of pyridine rings is 1. The molecule has 0 unspecified atom stereocenters. The number of unbranched alkanes of at least 4 members (excludes halogenated alkanes) is 1. The van der Waals surface area contributed by atoms with Crippen LogP contribution in [0.15, 0.2) is 30.6 Å². The van der Waals surface area contributed by atoms with Crippen molar-refractivity contribution >= 4 is 5.91 Å². The predicted octanol–water partition coefficient (Wildman–Crippen LogP) is 2.01. The van der Waals surface area contributed by atoms with Crippen molar-refractivity contribution in [3.05, 3.63) is 30.6 Å². The fourth-order valence-electron chi connectivity index (χ4n) is 1.71. The summed E-state index contributed by atoms with van der Waals surface area (Å²) in [6, 6.07) is 6.17. The molecule has 1 aromatic rings. The first kappa shape index (κ1) is 13.7. The Kier molecular flexibility index (Phi) is 6.30. The monoisotopic (exact) mass is 235 g/mol. The van der Waals surface area contributed by atoms with Crippen LogP contribution >= 0.6 is 0 Å². The van der Waals surface area contributed by atoms with Gasteiger partial charge in [0.05, 0.1) is 0 Å². The number of carbonyl (C=O) groups is 1. The number of likely N-dealkylation sites (tertiary alicyclic amines) is 1. The van der Waals surface area contributed by atoms with E-state index in [9.17, 15) is 4.79 Å². The van der Waals surface area contributed by atoms with E-state index in [-0.39, 0.29) is 0 Å². The second-order valence-electron chi connectivity index (χ2n) is 4.39. The molecule has 3 nitrogen and oxygen atoms in total. The summed E-state index contributed by atoms with van der Waals surface area (Å²) >= 11 is 0. The number of carbonyl (C=O) groups excluding carboxylic acids is 1. The molecule has 17 heavy (non-hydrogen) atoms. The summed E-state index contributed by atoms with van der Waals surface area (Å²) in [6.07, 6.45) is 8.56. The molecule has 1 aliphatic rings. The van der Waals surface area contributed by atoms with Crippen LogP contribution in [0.4, 0.5) is 0 Å². The molecule has 2 heterocycles. The molecular weight excluding hydrogens is 212 g/mol.